The van der Waals surface area contributed by atoms with Gasteiger partial charge in [-0.3, -0.25) is 4.79 Å². The average Bonchev–Trinajstić information content (AvgIpc) is 2.34. The number of Topliss-reactive ketones (excluding diaryl/α,β-unsaturated/α-hetero) is 1. The van der Waals surface area contributed by atoms with Gasteiger partial charge in [0.05, 0.1) is 6.61 Å². The molecule has 0 bridgehead atoms. The maximum absolute atomic E-state index is 12.1. The van der Waals surface area contributed by atoms with Gasteiger partial charge in [0.25, 0.3) is 0 Å². The summed E-state index contributed by atoms with van der Waals surface area (Å²) in [6.45, 7) is 1.34. The Labute approximate surface area is 114 Å². The molecule has 1 heterocycles. The van der Waals surface area contributed by atoms with Crippen molar-refractivity contribution in [2.24, 2.45) is 5.92 Å². The molecular formula is C13H14BrClO2. The largest absolute Gasteiger partial charge is 0.381 e. The first-order valence-corrected chi connectivity index (χ1v) is 6.88. The van der Waals surface area contributed by atoms with Crippen molar-refractivity contribution >= 4 is 33.3 Å². The van der Waals surface area contributed by atoms with E-state index in [1.807, 2.05) is 18.2 Å². The van der Waals surface area contributed by atoms with Crippen LogP contribution in [0, 0.1) is 5.92 Å². The molecule has 0 aromatic heterocycles. The van der Waals surface area contributed by atoms with E-state index in [2.05, 4.69) is 15.9 Å². The summed E-state index contributed by atoms with van der Waals surface area (Å²) in [5.74, 6) is 0.275. The normalized spacial score (nSPS) is 20.2. The van der Waals surface area contributed by atoms with Crippen LogP contribution in [0.2, 0.25) is 5.02 Å². The lowest BCUT2D eigenvalue weighted by atomic mass is 9.93. The predicted octanol–water partition coefficient (Wildman–Crippen LogP) is 3.64. The van der Waals surface area contributed by atoms with Crippen LogP contribution in [-0.2, 0) is 16.0 Å². The lowest BCUT2D eigenvalue weighted by Gasteiger charge is -2.21. The van der Waals surface area contributed by atoms with Crippen molar-refractivity contribution in [2.45, 2.75) is 19.3 Å². The molecule has 0 aliphatic carbocycles. The summed E-state index contributed by atoms with van der Waals surface area (Å²) in [4.78, 5) is 12.1. The lowest BCUT2D eigenvalue weighted by molar-refractivity contribution is -0.126. The number of ether oxygens (including phenoxy) is 1. The molecule has 1 atom stereocenters. The van der Waals surface area contributed by atoms with Crippen LogP contribution < -0.4 is 0 Å². The first-order valence-electron chi connectivity index (χ1n) is 5.71. The summed E-state index contributed by atoms with van der Waals surface area (Å²) in [5, 5.41) is 0.643. The van der Waals surface area contributed by atoms with Gasteiger partial charge in [-0.25, -0.2) is 0 Å². The Morgan fingerprint density at radius 2 is 2.35 bits per heavy atom. The molecule has 4 heteroatoms. The van der Waals surface area contributed by atoms with Crippen LogP contribution in [0.1, 0.15) is 18.4 Å². The van der Waals surface area contributed by atoms with Gasteiger partial charge in [-0.1, -0.05) is 33.6 Å². The van der Waals surface area contributed by atoms with Gasteiger partial charge < -0.3 is 4.74 Å². The quantitative estimate of drug-likeness (QED) is 0.851. The van der Waals surface area contributed by atoms with Crippen molar-refractivity contribution in [3.05, 3.63) is 33.3 Å². The second kappa shape index (κ2) is 5.98. The molecule has 17 heavy (non-hydrogen) atoms. The number of hydrogen-bond acceptors (Lipinski definition) is 2. The molecule has 0 radical (unpaired) electrons. The monoisotopic (exact) mass is 316 g/mol. The third kappa shape index (κ3) is 3.54. The molecule has 0 spiro atoms. The number of carbonyl (C=O) groups is 1. The fourth-order valence-corrected chi connectivity index (χ4v) is 2.73. The SMILES string of the molecule is O=C(Cc1ccc(Br)cc1Cl)C1CCCOC1. The van der Waals surface area contributed by atoms with Crippen LogP contribution in [0.4, 0.5) is 0 Å². The van der Waals surface area contributed by atoms with E-state index in [9.17, 15) is 4.79 Å². The molecule has 1 unspecified atom stereocenters. The van der Waals surface area contributed by atoms with Crippen molar-refractivity contribution in [1.29, 1.82) is 0 Å². The van der Waals surface area contributed by atoms with Crippen LogP contribution in [0.15, 0.2) is 22.7 Å². The van der Waals surface area contributed by atoms with Gasteiger partial charge in [0.1, 0.15) is 5.78 Å². The van der Waals surface area contributed by atoms with Crippen molar-refractivity contribution in [2.75, 3.05) is 13.2 Å². The highest BCUT2D eigenvalue weighted by molar-refractivity contribution is 9.10. The van der Waals surface area contributed by atoms with E-state index in [-0.39, 0.29) is 11.7 Å². The number of hydrogen-bond donors (Lipinski definition) is 0. The Bertz CT molecular complexity index is 414. The van der Waals surface area contributed by atoms with Crippen molar-refractivity contribution < 1.29 is 9.53 Å². The van der Waals surface area contributed by atoms with Crippen molar-refractivity contribution in [3.8, 4) is 0 Å². The number of rotatable bonds is 3. The van der Waals surface area contributed by atoms with E-state index in [0.29, 0.717) is 18.1 Å². The fourth-order valence-electron chi connectivity index (χ4n) is 1.99. The van der Waals surface area contributed by atoms with Gasteiger partial charge >= 0.3 is 0 Å². The maximum Gasteiger partial charge on any atom is 0.142 e. The Kier molecular flexibility index (Phi) is 4.60. The van der Waals surface area contributed by atoms with Crippen LogP contribution in [0.25, 0.3) is 0 Å². The second-order valence-electron chi connectivity index (χ2n) is 4.29. The first-order chi connectivity index (χ1) is 8.16. The number of carbonyl (C=O) groups excluding carboxylic acids is 1. The zero-order valence-electron chi connectivity index (χ0n) is 9.42. The van der Waals surface area contributed by atoms with Crippen LogP contribution >= 0.6 is 27.5 Å². The molecule has 2 nitrogen and oxygen atoms in total. The van der Waals surface area contributed by atoms with E-state index in [0.717, 1.165) is 29.5 Å². The van der Waals surface area contributed by atoms with Gasteiger partial charge in [-0.2, -0.15) is 0 Å². The molecule has 1 aliphatic rings. The summed E-state index contributed by atoms with van der Waals surface area (Å²) >= 11 is 9.45. The molecule has 1 fully saturated rings. The van der Waals surface area contributed by atoms with Crippen LogP contribution in [0.5, 0.6) is 0 Å². The van der Waals surface area contributed by atoms with Crippen molar-refractivity contribution in [3.63, 3.8) is 0 Å². The molecule has 2 rings (SSSR count). The van der Waals surface area contributed by atoms with E-state index >= 15 is 0 Å². The van der Waals surface area contributed by atoms with E-state index in [4.69, 9.17) is 16.3 Å². The topological polar surface area (TPSA) is 26.3 Å². The number of ketones is 1. The minimum absolute atomic E-state index is 0.0449. The molecular weight excluding hydrogens is 303 g/mol. The Morgan fingerprint density at radius 3 is 3.00 bits per heavy atom. The molecule has 1 aromatic rings. The standard InChI is InChI=1S/C13H14BrClO2/c14-11-4-3-9(12(15)7-11)6-13(16)10-2-1-5-17-8-10/h3-4,7,10H,1-2,5-6,8H2. The highest BCUT2D eigenvalue weighted by atomic mass is 79.9. The smallest absolute Gasteiger partial charge is 0.142 e. The first kappa shape index (κ1) is 13.1. The molecule has 0 N–H and O–H groups in total. The minimum atomic E-state index is 0.0449. The molecule has 1 aliphatic heterocycles. The van der Waals surface area contributed by atoms with Gasteiger partial charge in [0.15, 0.2) is 0 Å². The molecule has 1 aromatic carbocycles. The minimum Gasteiger partial charge on any atom is -0.381 e. The number of benzene rings is 1. The summed E-state index contributed by atoms with van der Waals surface area (Å²) in [6.07, 6.45) is 2.32. The number of halogens is 2. The van der Waals surface area contributed by atoms with E-state index in [1.54, 1.807) is 0 Å². The molecule has 0 saturated carbocycles. The van der Waals surface area contributed by atoms with Gasteiger partial charge in [-0.15, -0.1) is 0 Å². The van der Waals surface area contributed by atoms with E-state index < -0.39 is 0 Å². The summed E-state index contributed by atoms with van der Waals surface area (Å²) in [5.41, 5.74) is 0.894. The Balaban J connectivity index is 2.02. The van der Waals surface area contributed by atoms with E-state index in [1.165, 1.54) is 0 Å². The highest BCUT2D eigenvalue weighted by Crippen LogP contribution is 2.24. The van der Waals surface area contributed by atoms with Crippen LogP contribution in [0.3, 0.4) is 0 Å². The van der Waals surface area contributed by atoms with Crippen molar-refractivity contribution in [1.82, 2.24) is 0 Å². The second-order valence-corrected chi connectivity index (χ2v) is 5.62. The van der Waals surface area contributed by atoms with Crippen LogP contribution in [-0.4, -0.2) is 19.0 Å². The summed E-state index contributed by atoms with van der Waals surface area (Å²) in [6, 6.07) is 5.63. The zero-order valence-corrected chi connectivity index (χ0v) is 11.8. The lowest BCUT2D eigenvalue weighted by Crippen LogP contribution is -2.26. The maximum atomic E-state index is 12.1. The summed E-state index contributed by atoms with van der Waals surface area (Å²) in [7, 11) is 0. The van der Waals surface area contributed by atoms with Gasteiger partial charge in [-0.05, 0) is 30.5 Å². The van der Waals surface area contributed by atoms with Gasteiger partial charge in [0, 0.05) is 28.4 Å². The van der Waals surface area contributed by atoms with Gasteiger partial charge in [0.2, 0.25) is 0 Å². The molecule has 1 saturated heterocycles. The third-order valence-corrected chi connectivity index (χ3v) is 3.84. The Morgan fingerprint density at radius 1 is 1.53 bits per heavy atom. The molecule has 92 valence electrons. The highest BCUT2D eigenvalue weighted by Gasteiger charge is 2.22. The Hall–Kier alpha value is -0.380. The zero-order chi connectivity index (χ0) is 12.3. The summed E-state index contributed by atoms with van der Waals surface area (Å²) < 4.78 is 6.26. The third-order valence-electron chi connectivity index (χ3n) is 3.00. The average molecular weight is 318 g/mol. The predicted molar refractivity (Wildman–Crippen MR) is 71.4 cm³/mol. The fraction of sp³-hybridized carbons (Fsp3) is 0.462. The molecule has 0 amide bonds.